The van der Waals surface area contributed by atoms with Crippen molar-refractivity contribution in [3.8, 4) is 74.0 Å². The fourth-order valence-electron chi connectivity index (χ4n) is 22.5. The van der Waals surface area contributed by atoms with E-state index in [4.69, 9.17) is 38.7 Å². The van der Waals surface area contributed by atoms with Gasteiger partial charge in [-0.1, -0.05) is 396 Å². The Hall–Kier alpha value is -18.1. The number of furan rings is 2. The van der Waals surface area contributed by atoms with Crippen molar-refractivity contribution in [2.75, 3.05) is 0 Å². The molecule has 8 heterocycles. The molecule has 0 N–H and O–H groups in total. The lowest BCUT2D eigenvalue weighted by molar-refractivity contribution is 0.667. The molecule has 30 rings (SSSR count). The second-order valence-corrected chi connectivity index (χ2v) is 36.1. The first-order chi connectivity index (χ1) is 67.3. The number of aromatic nitrogens is 9. The highest BCUT2D eigenvalue weighted by molar-refractivity contribution is 6.41. The van der Waals surface area contributed by atoms with Gasteiger partial charge in [0.1, 0.15) is 22.5 Å². The minimum atomic E-state index is -0.205. The molecule has 0 saturated carbocycles. The van der Waals surface area contributed by atoms with Crippen molar-refractivity contribution in [1.82, 2.24) is 43.6 Å². The summed E-state index contributed by atoms with van der Waals surface area (Å²) in [5.74, 6) is 2.78. The largest absolute Gasteiger partial charge is 0.454 e. The average Bonchev–Trinajstić information content (AvgIpc) is 1.51. The molecule has 8 aromatic heterocycles. The van der Waals surface area contributed by atoms with Gasteiger partial charge in [0.2, 0.25) is 11.9 Å². The Labute approximate surface area is 778 Å². The van der Waals surface area contributed by atoms with Crippen LogP contribution in [0.4, 0.5) is 0 Å². The molecule has 0 atom stereocenters. The minimum Gasteiger partial charge on any atom is -0.454 e. The number of benzene rings is 21. The third-order valence-corrected chi connectivity index (χ3v) is 28.3. The van der Waals surface area contributed by atoms with E-state index in [0.717, 1.165) is 160 Å². The van der Waals surface area contributed by atoms with Crippen LogP contribution in [0.2, 0.25) is 0 Å². The van der Waals surface area contributed by atoms with E-state index in [1.807, 2.05) is 66.7 Å². The molecule has 0 bridgehead atoms. The first-order valence-corrected chi connectivity index (χ1v) is 46.3. The average molecular weight is 1740 g/mol. The van der Waals surface area contributed by atoms with Gasteiger partial charge in [0.25, 0.3) is 0 Å². The van der Waals surface area contributed by atoms with Crippen molar-refractivity contribution in [3.63, 3.8) is 0 Å². The normalized spacial score (nSPS) is 12.5. The Morgan fingerprint density at radius 1 is 0.243 bits per heavy atom. The van der Waals surface area contributed by atoms with Gasteiger partial charge in [0, 0.05) is 115 Å². The van der Waals surface area contributed by atoms with E-state index >= 15 is 0 Å². The predicted octanol–water partition coefficient (Wildman–Crippen LogP) is 32.7. The van der Waals surface area contributed by atoms with Crippen LogP contribution in [0.3, 0.4) is 0 Å². The number of para-hydroxylation sites is 7. The van der Waals surface area contributed by atoms with Crippen LogP contribution in [0, 0.1) is 0 Å². The summed E-state index contributed by atoms with van der Waals surface area (Å²) in [6.45, 7) is 4.77. The quantitative estimate of drug-likeness (QED) is 0.145. The molecule has 634 valence electrons. The maximum atomic E-state index is 6.88. The topological polar surface area (TPSA) is 118 Å². The first-order valence-electron chi connectivity index (χ1n) is 46.3. The fourth-order valence-corrected chi connectivity index (χ4v) is 22.5. The van der Waals surface area contributed by atoms with Gasteiger partial charge in [-0.15, -0.1) is 0 Å². The number of hydrogen-bond donors (Lipinski definition) is 0. The van der Waals surface area contributed by atoms with Crippen molar-refractivity contribution in [1.29, 1.82) is 0 Å². The summed E-state index contributed by atoms with van der Waals surface area (Å²) < 4.78 is 20.6. The van der Waals surface area contributed by atoms with Gasteiger partial charge < -0.3 is 8.83 Å². The number of rotatable bonds is 7. The summed E-state index contributed by atoms with van der Waals surface area (Å²) in [5.41, 5.74) is 23.6. The smallest absolute Gasteiger partial charge is 0.235 e. The highest BCUT2D eigenvalue weighted by Gasteiger charge is 2.41. The number of hydrogen-bond acceptors (Lipinski definition) is 8. The highest BCUT2D eigenvalue weighted by Crippen LogP contribution is 2.59. The summed E-state index contributed by atoms with van der Waals surface area (Å²) in [7, 11) is 0. The van der Waals surface area contributed by atoms with Crippen molar-refractivity contribution in [2.45, 2.75) is 19.3 Å². The zero-order valence-electron chi connectivity index (χ0n) is 73.8. The van der Waals surface area contributed by atoms with Crippen molar-refractivity contribution in [2.24, 2.45) is 0 Å². The first kappa shape index (κ1) is 76.8. The summed E-state index contributed by atoms with van der Waals surface area (Å²) in [5, 5.41) is 28.4. The van der Waals surface area contributed by atoms with Crippen LogP contribution in [-0.4, -0.2) is 43.6 Å². The van der Waals surface area contributed by atoms with Crippen LogP contribution in [-0.2, 0) is 5.41 Å². The van der Waals surface area contributed by atoms with Gasteiger partial charge in [0.15, 0.2) is 17.0 Å². The van der Waals surface area contributed by atoms with Gasteiger partial charge in [-0.25, -0.2) is 29.9 Å². The molecule has 1 aliphatic rings. The summed E-state index contributed by atoms with van der Waals surface area (Å²) >= 11 is 0. The van der Waals surface area contributed by atoms with Crippen LogP contribution in [0.15, 0.2) is 440 Å². The van der Waals surface area contributed by atoms with Crippen molar-refractivity contribution >= 4 is 196 Å². The summed E-state index contributed by atoms with van der Waals surface area (Å²) in [4.78, 5) is 31.6. The van der Waals surface area contributed by atoms with Gasteiger partial charge in [0.05, 0.1) is 55.7 Å². The van der Waals surface area contributed by atoms with Gasteiger partial charge in [-0.2, -0.15) is 0 Å². The van der Waals surface area contributed by atoms with Gasteiger partial charge in [-0.3, -0.25) is 13.7 Å². The van der Waals surface area contributed by atoms with Crippen LogP contribution in [0.25, 0.3) is 270 Å². The Balaban J connectivity index is 0.000000101. The van der Waals surface area contributed by atoms with E-state index in [-0.39, 0.29) is 5.41 Å². The molecule has 0 spiro atoms. The third kappa shape index (κ3) is 11.4. The lowest BCUT2D eigenvalue weighted by Gasteiger charge is -2.24. The van der Waals surface area contributed by atoms with Crippen LogP contribution >= 0.6 is 0 Å². The lowest BCUT2D eigenvalue weighted by atomic mass is 9.78. The molecule has 0 radical (unpaired) electrons. The fraction of sp³-hybridized carbons (Fsp3) is 0.0240. The zero-order chi connectivity index (χ0) is 89.5. The van der Waals surface area contributed by atoms with E-state index in [2.05, 4.69) is 392 Å². The second kappa shape index (κ2) is 30.0. The molecule has 1 aliphatic carbocycles. The van der Waals surface area contributed by atoms with Crippen molar-refractivity contribution in [3.05, 3.63) is 442 Å². The molecule has 0 fully saturated rings. The monoisotopic (exact) mass is 1740 g/mol. The Morgan fingerprint density at radius 2 is 0.603 bits per heavy atom. The molecule has 21 aromatic carbocycles. The molecule has 0 aliphatic heterocycles. The van der Waals surface area contributed by atoms with E-state index in [9.17, 15) is 0 Å². The molecule has 29 aromatic rings. The molecular formula is C125H77N9O2. The van der Waals surface area contributed by atoms with Gasteiger partial charge >= 0.3 is 0 Å². The third-order valence-electron chi connectivity index (χ3n) is 28.3. The van der Waals surface area contributed by atoms with Crippen LogP contribution in [0.5, 0.6) is 0 Å². The molecule has 0 amide bonds. The number of nitrogens with zero attached hydrogens (tertiary/aromatic N) is 9. The number of fused-ring (bicyclic) bond motifs is 38. The van der Waals surface area contributed by atoms with Gasteiger partial charge in [-0.05, 0) is 113 Å². The molecule has 136 heavy (non-hydrogen) atoms. The maximum Gasteiger partial charge on any atom is 0.235 e. The molecule has 11 nitrogen and oxygen atoms in total. The Bertz CT molecular complexity index is 10100. The lowest BCUT2D eigenvalue weighted by Crippen LogP contribution is -2.15. The zero-order valence-corrected chi connectivity index (χ0v) is 73.8. The van der Waals surface area contributed by atoms with Crippen LogP contribution in [0.1, 0.15) is 25.0 Å². The minimum absolute atomic E-state index is 0.205. The standard InChI is InChI=1S/C43H29N3.C42H25N3O.C40H23N3O/c1-43(2)33-21-11-8-18-29(33)38-39(43)36-28-17-7-6-14-26(28)24-25-32(36)37-31-20-10-13-23-35(31)46(41(37)38)42-44-34-22-12-9-19-30(34)40(45-42)27-15-4-3-5-16-27;1-3-14-27(15-4-1)33-25-36(44-42(43-33)28-16-5-2-6-17-28)45-34-21-11-9-19-30(34)38-32-24-23-26-13-7-8-18-29(26)37(32)39-31-20-10-12-22-35(31)46-41(39)40(38)45;1-2-13-25(14-3-1)37-27-16-6-9-19-31(27)41-40(42-37)43-32-20-10-7-17-28(32)35-30-23-22-24-12-4-5-15-26(24)34(30)36-29-18-8-11-21-33(29)44-39(36)38(35)43/h3-25H,1-2H3;1-25H;1-23H. The van der Waals surface area contributed by atoms with E-state index in [1.165, 1.54) is 103 Å². The maximum absolute atomic E-state index is 6.88. The Morgan fingerprint density at radius 3 is 1.10 bits per heavy atom. The van der Waals surface area contributed by atoms with E-state index in [1.54, 1.807) is 0 Å². The predicted molar refractivity (Wildman–Crippen MR) is 563 cm³/mol. The van der Waals surface area contributed by atoms with Crippen molar-refractivity contribution < 1.29 is 8.83 Å². The molecule has 0 unspecified atom stereocenters. The molecular weight excluding hydrogens is 1660 g/mol. The summed E-state index contributed by atoms with van der Waals surface area (Å²) in [6, 6.07) is 152. The molecule has 0 saturated heterocycles. The highest BCUT2D eigenvalue weighted by atomic mass is 16.3. The molecule has 11 heteroatoms. The van der Waals surface area contributed by atoms with Crippen LogP contribution < -0.4 is 0 Å². The Kier molecular flexibility index (Phi) is 16.9. The summed E-state index contributed by atoms with van der Waals surface area (Å²) in [6.07, 6.45) is 0. The SMILES string of the molecule is CC1(C)c2ccccc2-c2c1c1c3ccccc3ccc1c1c3ccccc3n(-c3nc(-c4ccccc4)c4ccccc4n3)c21.c1ccc(-c2cc(-n3c4ccccc4c4c5ccc6ccccc6c5c5c6ccccc6oc5c43)nc(-c3ccccc3)n2)cc1.c1ccc(-c2nc(-n3c4ccccc4c4c5ccc6ccccc6c5c5c6ccccc6oc5c43)nc3ccccc23)cc1. The van der Waals surface area contributed by atoms with E-state index in [0.29, 0.717) is 17.7 Å². The van der Waals surface area contributed by atoms with E-state index < -0.39 is 0 Å². The second-order valence-electron chi connectivity index (χ2n) is 36.1.